The molecular formula is C15H22FN. The van der Waals surface area contributed by atoms with Crippen LogP contribution in [0.15, 0.2) is 24.3 Å². The highest BCUT2D eigenvalue weighted by Gasteiger charge is 2.22. The Kier molecular flexibility index (Phi) is 4.16. The summed E-state index contributed by atoms with van der Waals surface area (Å²) in [4.78, 5) is 0. The molecule has 1 aliphatic carbocycles. The fraction of sp³-hybridized carbons (Fsp3) is 0.600. The van der Waals surface area contributed by atoms with Gasteiger partial charge in [-0.1, -0.05) is 25.0 Å². The van der Waals surface area contributed by atoms with Crippen molar-refractivity contribution in [1.82, 2.24) is 5.32 Å². The van der Waals surface area contributed by atoms with E-state index in [-0.39, 0.29) is 5.82 Å². The molecule has 1 N–H and O–H groups in total. The van der Waals surface area contributed by atoms with Crippen LogP contribution in [0.2, 0.25) is 0 Å². The summed E-state index contributed by atoms with van der Waals surface area (Å²) in [7, 11) is 0. The monoisotopic (exact) mass is 235 g/mol. The molecule has 2 heteroatoms. The van der Waals surface area contributed by atoms with Crippen molar-refractivity contribution in [3.8, 4) is 0 Å². The summed E-state index contributed by atoms with van der Waals surface area (Å²) < 4.78 is 12.8. The Bertz CT molecular complexity index is 340. The van der Waals surface area contributed by atoms with Crippen molar-refractivity contribution < 1.29 is 4.39 Å². The summed E-state index contributed by atoms with van der Waals surface area (Å²) in [6.07, 6.45) is 5.46. The van der Waals surface area contributed by atoms with Crippen molar-refractivity contribution in [2.24, 2.45) is 5.92 Å². The predicted molar refractivity (Wildman–Crippen MR) is 69.4 cm³/mol. The lowest BCUT2D eigenvalue weighted by atomic mass is 9.98. The minimum atomic E-state index is -0.162. The van der Waals surface area contributed by atoms with E-state index in [1.165, 1.54) is 37.8 Å². The van der Waals surface area contributed by atoms with Crippen LogP contribution >= 0.6 is 0 Å². The largest absolute Gasteiger partial charge is 0.307 e. The lowest BCUT2D eigenvalue weighted by Gasteiger charge is -2.25. The van der Waals surface area contributed by atoms with E-state index >= 15 is 0 Å². The summed E-state index contributed by atoms with van der Waals surface area (Å²) in [5.74, 6) is 0.655. The minimum absolute atomic E-state index is 0.162. The number of rotatable bonds is 4. The minimum Gasteiger partial charge on any atom is -0.307 e. The van der Waals surface area contributed by atoms with Crippen LogP contribution in [-0.4, -0.2) is 6.04 Å². The molecule has 0 spiro atoms. The topological polar surface area (TPSA) is 12.0 Å². The van der Waals surface area contributed by atoms with Crippen molar-refractivity contribution in [2.45, 2.75) is 51.6 Å². The van der Waals surface area contributed by atoms with Crippen molar-refractivity contribution in [3.05, 3.63) is 35.6 Å². The van der Waals surface area contributed by atoms with Crippen molar-refractivity contribution in [2.75, 3.05) is 0 Å². The molecule has 0 aliphatic heterocycles. The molecule has 94 valence electrons. The van der Waals surface area contributed by atoms with Crippen LogP contribution in [0.4, 0.5) is 4.39 Å². The van der Waals surface area contributed by atoms with Gasteiger partial charge in [0.05, 0.1) is 0 Å². The Morgan fingerprint density at radius 3 is 2.29 bits per heavy atom. The van der Waals surface area contributed by atoms with E-state index in [1.54, 1.807) is 0 Å². The Morgan fingerprint density at radius 2 is 1.71 bits per heavy atom. The Hall–Kier alpha value is -0.890. The van der Waals surface area contributed by atoms with E-state index < -0.39 is 0 Å². The second-order valence-electron chi connectivity index (χ2n) is 5.27. The zero-order valence-corrected chi connectivity index (χ0v) is 10.7. The summed E-state index contributed by atoms with van der Waals surface area (Å²) >= 11 is 0. The maximum Gasteiger partial charge on any atom is 0.123 e. The van der Waals surface area contributed by atoms with Crippen LogP contribution in [0.25, 0.3) is 0 Å². The van der Waals surface area contributed by atoms with Gasteiger partial charge in [0.15, 0.2) is 0 Å². The normalized spacial score (nSPS) is 20.4. The first-order chi connectivity index (χ1) is 8.16. The SMILES string of the molecule is CC(NC(C)C1CCCC1)c1ccc(F)cc1. The average molecular weight is 235 g/mol. The molecule has 0 heterocycles. The second-order valence-corrected chi connectivity index (χ2v) is 5.27. The average Bonchev–Trinajstić information content (AvgIpc) is 2.83. The fourth-order valence-corrected chi connectivity index (χ4v) is 2.84. The van der Waals surface area contributed by atoms with Crippen LogP contribution < -0.4 is 5.32 Å². The van der Waals surface area contributed by atoms with Crippen LogP contribution in [0.5, 0.6) is 0 Å². The van der Waals surface area contributed by atoms with Gasteiger partial charge >= 0.3 is 0 Å². The first-order valence-corrected chi connectivity index (χ1v) is 6.68. The quantitative estimate of drug-likeness (QED) is 0.830. The standard InChI is InChI=1S/C15H22FN/c1-11(13-5-3-4-6-13)17-12(2)14-7-9-15(16)10-8-14/h7-13,17H,3-6H2,1-2H3. The predicted octanol–water partition coefficient (Wildman–Crippen LogP) is 4.06. The molecule has 17 heavy (non-hydrogen) atoms. The van der Waals surface area contributed by atoms with Gasteiger partial charge in [0.1, 0.15) is 5.82 Å². The molecular weight excluding hydrogens is 213 g/mol. The van der Waals surface area contributed by atoms with Crippen molar-refractivity contribution in [1.29, 1.82) is 0 Å². The zero-order chi connectivity index (χ0) is 12.3. The maximum absolute atomic E-state index is 12.8. The van der Waals surface area contributed by atoms with Crippen LogP contribution in [0, 0.1) is 11.7 Å². The maximum atomic E-state index is 12.8. The van der Waals surface area contributed by atoms with Gasteiger partial charge in [-0.2, -0.15) is 0 Å². The van der Waals surface area contributed by atoms with E-state index in [0.717, 1.165) is 11.5 Å². The first kappa shape index (κ1) is 12.6. The number of nitrogens with one attached hydrogen (secondary N) is 1. The first-order valence-electron chi connectivity index (χ1n) is 6.68. The van der Waals surface area contributed by atoms with Crippen molar-refractivity contribution >= 4 is 0 Å². The van der Waals surface area contributed by atoms with Crippen LogP contribution in [0.1, 0.15) is 51.1 Å². The van der Waals surface area contributed by atoms with Gasteiger partial charge in [-0.05, 0) is 50.3 Å². The van der Waals surface area contributed by atoms with Gasteiger partial charge in [0.25, 0.3) is 0 Å². The van der Waals surface area contributed by atoms with Gasteiger partial charge in [0.2, 0.25) is 0 Å². The number of halogens is 1. The molecule has 0 bridgehead atoms. The van der Waals surface area contributed by atoms with Gasteiger partial charge < -0.3 is 5.32 Å². The molecule has 1 aliphatic rings. The number of benzene rings is 1. The lowest BCUT2D eigenvalue weighted by molar-refractivity contribution is 0.352. The lowest BCUT2D eigenvalue weighted by Crippen LogP contribution is -2.34. The van der Waals surface area contributed by atoms with Gasteiger partial charge in [-0.25, -0.2) is 4.39 Å². The van der Waals surface area contributed by atoms with E-state index in [2.05, 4.69) is 19.2 Å². The highest BCUT2D eigenvalue weighted by atomic mass is 19.1. The fourth-order valence-electron chi connectivity index (χ4n) is 2.84. The number of hydrogen-bond acceptors (Lipinski definition) is 1. The molecule has 0 aromatic heterocycles. The van der Waals surface area contributed by atoms with E-state index in [9.17, 15) is 4.39 Å². The highest BCUT2D eigenvalue weighted by molar-refractivity contribution is 5.19. The van der Waals surface area contributed by atoms with Crippen LogP contribution in [0.3, 0.4) is 0 Å². The Morgan fingerprint density at radius 1 is 1.12 bits per heavy atom. The molecule has 1 fully saturated rings. The summed E-state index contributed by atoms with van der Waals surface area (Å²) in [5, 5.41) is 3.64. The summed E-state index contributed by atoms with van der Waals surface area (Å²) in [6, 6.07) is 7.66. The molecule has 0 amide bonds. The second kappa shape index (κ2) is 5.63. The summed E-state index contributed by atoms with van der Waals surface area (Å²) in [5.41, 5.74) is 1.16. The molecule has 2 unspecified atom stereocenters. The molecule has 1 saturated carbocycles. The van der Waals surface area contributed by atoms with Gasteiger partial charge in [-0.15, -0.1) is 0 Å². The Balaban J connectivity index is 1.91. The molecule has 1 aromatic rings. The van der Waals surface area contributed by atoms with E-state index in [0.29, 0.717) is 12.1 Å². The molecule has 2 atom stereocenters. The number of hydrogen-bond donors (Lipinski definition) is 1. The molecule has 1 nitrogen and oxygen atoms in total. The van der Waals surface area contributed by atoms with Crippen molar-refractivity contribution in [3.63, 3.8) is 0 Å². The highest BCUT2D eigenvalue weighted by Crippen LogP contribution is 2.28. The third-order valence-corrected chi connectivity index (χ3v) is 3.99. The van der Waals surface area contributed by atoms with Crippen LogP contribution in [-0.2, 0) is 0 Å². The molecule has 1 aromatic carbocycles. The third kappa shape index (κ3) is 3.29. The van der Waals surface area contributed by atoms with E-state index in [4.69, 9.17) is 0 Å². The molecule has 0 radical (unpaired) electrons. The third-order valence-electron chi connectivity index (χ3n) is 3.99. The summed E-state index contributed by atoms with van der Waals surface area (Å²) in [6.45, 7) is 4.43. The Labute approximate surface area is 103 Å². The molecule has 2 rings (SSSR count). The zero-order valence-electron chi connectivity index (χ0n) is 10.7. The smallest absolute Gasteiger partial charge is 0.123 e. The van der Waals surface area contributed by atoms with Gasteiger partial charge in [-0.3, -0.25) is 0 Å². The van der Waals surface area contributed by atoms with E-state index in [1.807, 2.05) is 12.1 Å². The van der Waals surface area contributed by atoms with Gasteiger partial charge in [0, 0.05) is 12.1 Å². The molecule has 0 saturated heterocycles.